The quantitative estimate of drug-likeness (QED) is 0.813. The number of hydrogen-bond donors (Lipinski definition) is 0. The van der Waals surface area contributed by atoms with Gasteiger partial charge in [-0.05, 0) is 43.9 Å². The van der Waals surface area contributed by atoms with Crippen LogP contribution < -0.4 is 0 Å². The number of hydrogen-bond acceptors (Lipinski definition) is 3. The van der Waals surface area contributed by atoms with Gasteiger partial charge in [0.2, 0.25) is 0 Å². The molecule has 0 bridgehead atoms. The van der Waals surface area contributed by atoms with E-state index >= 15 is 0 Å². The molecule has 2 fully saturated rings. The first-order valence-corrected chi connectivity index (χ1v) is 9.86. The fraction of sp³-hybridized carbons (Fsp3) is 0.571. The summed E-state index contributed by atoms with van der Waals surface area (Å²) in [6.07, 6.45) is 15.7. The van der Waals surface area contributed by atoms with E-state index in [2.05, 4.69) is 14.9 Å². The number of rotatable bonds is 3. The van der Waals surface area contributed by atoms with E-state index in [0.29, 0.717) is 12.1 Å². The van der Waals surface area contributed by atoms with Crippen LogP contribution in [0.2, 0.25) is 0 Å². The molecule has 0 N–H and O–H groups in total. The molecule has 4 heteroatoms. The van der Waals surface area contributed by atoms with Crippen LogP contribution in [-0.2, 0) is 0 Å². The molecule has 0 saturated heterocycles. The van der Waals surface area contributed by atoms with Crippen molar-refractivity contribution in [1.82, 2.24) is 14.9 Å². The van der Waals surface area contributed by atoms with Gasteiger partial charge in [0.15, 0.2) is 0 Å². The molecule has 1 aromatic heterocycles. The Balaban J connectivity index is 1.65. The molecule has 2 saturated carbocycles. The highest BCUT2D eigenvalue weighted by molar-refractivity contribution is 5.97. The number of carbonyl (C=O) groups excluding carboxylic acids is 1. The van der Waals surface area contributed by atoms with Crippen molar-refractivity contribution in [2.75, 3.05) is 0 Å². The first-order valence-electron chi connectivity index (χ1n) is 9.86. The van der Waals surface area contributed by atoms with Gasteiger partial charge in [-0.1, -0.05) is 38.5 Å². The number of carbonyl (C=O) groups is 1. The number of aromatic nitrogens is 2. The molecule has 0 spiro atoms. The van der Waals surface area contributed by atoms with Crippen molar-refractivity contribution < 1.29 is 4.79 Å². The molecule has 0 atom stereocenters. The zero-order valence-corrected chi connectivity index (χ0v) is 14.9. The van der Waals surface area contributed by atoms with Crippen LogP contribution in [0.5, 0.6) is 0 Å². The third kappa shape index (κ3) is 3.53. The van der Waals surface area contributed by atoms with Gasteiger partial charge in [0, 0.05) is 30.0 Å². The summed E-state index contributed by atoms with van der Waals surface area (Å²) in [5.41, 5.74) is 2.42. The lowest BCUT2D eigenvalue weighted by Crippen LogP contribution is -2.48. The highest BCUT2D eigenvalue weighted by atomic mass is 16.2. The Morgan fingerprint density at radius 3 is 1.96 bits per heavy atom. The first kappa shape index (κ1) is 16.5. The molecule has 2 aromatic rings. The van der Waals surface area contributed by atoms with Gasteiger partial charge in [-0.25, -0.2) is 0 Å². The Morgan fingerprint density at radius 2 is 1.36 bits per heavy atom. The van der Waals surface area contributed by atoms with E-state index in [4.69, 9.17) is 0 Å². The second kappa shape index (κ2) is 7.51. The van der Waals surface area contributed by atoms with Crippen LogP contribution in [-0.4, -0.2) is 32.9 Å². The van der Waals surface area contributed by atoms with Crippen LogP contribution in [0.4, 0.5) is 0 Å². The maximum absolute atomic E-state index is 13.5. The van der Waals surface area contributed by atoms with Gasteiger partial charge in [-0.2, -0.15) is 0 Å². The van der Waals surface area contributed by atoms with E-state index in [0.717, 1.165) is 42.3 Å². The Hall–Kier alpha value is -1.97. The molecule has 4 rings (SSSR count). The van der Waals surface area contributed by atoms with E-state index in [1.54, 1.807) is 12.4 Å². The van der Waals surface area contributed by atoms with Gasteiger partial charge in [0.25, 0.3) is 5.91 Å². The predicted octanol–water partition coefficient (Wildman–Crippen LogP) is 4.74. The summed E-state index contributed by atoms with van der Waals surface area (Å²) >= 11 is 0. The number of nitrogens with zero attached hydrogens (tertiary/aromatic N) is 3. The molecule has 1 amide bonds. The Kier molecular flexibility index (Phi) is 4.95. The van der Waals surface area contributed by atoms with Crippen molar-refractivity contribution in [3.8, 4) is 0 Å². The van der Waals surface area contributed by atoms with Gasteiger partial charge in [0.1, 0.15) is 0 Å². The van der Waals surface area contributed by atoms with Crippen LogP contribution in [0.3, 0.4) is 0 Å². The maximum Gasteiger partial charge on any atom is 0.254 e. The monoisotopic (exact) mass is 337 g/mol. The fourth-order valence-electron chi connectivity index (χ4n) is 4.59. The lowest BCUT2D eigenvalue weighted by atomic mass is 9.88. The van der Waals surface area contributed by atoms with E-state index in [9.17, 15) is 4.79 Å². The smallest absolute Gasteiger partial charge is 0.254 e. The van der Waals surface area contributed by atoms with Gasteiger partial charge in [0.05, 0.1) is 11.0 Å². The van der Waals surface area contributed by atoms with Gasteiger partial charge >= 0.3 is 0 Å². The minimum absolute atomic E-state index is 0.200. The highest BCUT2D eigenvalue weighted by Gasteiger charge is 2.33. The molecule has 0 unspecified atom stereocenters. The molecule has 1 heterocycles. The predicted molar refractivity (Wildman–Crippen MR) is 99.5 cm³/mol. The van der Waals surface area contributed by atoms with E-state index in [1.165, 1.54) is 38.5 Å². The SMILES string of the molecule is O=C(c1ccc2nccnc2c1)N(C1CCCCC1)C1CCCCC1. The molecular formula is C21H27N3O. The molecule has 0 radical (unpaired) electrons. The first-order chi connectivity index (χ1) is 12.3. The van der Waals surface area contributed by atoms with Crippen molar-refractivity contribution in [2.45, 2.75) is 76.3 Å². The number of amides is 1. The standard InChI is InChI=1S/C21H27N3O/c25-21(16-11-12-19-20(15-16)23-14-13-22-19)24(17-7-3-1-4-8-17)18-9-5-2-6-10-18/h11-15,17-18H,1-10H2. The third-order valence-corrected chi connectivity index (χ3v) is 5.89. The summed E-state index contributed by atoms with van der Waals surface area (Å²) in [4.78, 5) is 24.4. The molecular weight excluding hydrogens is 310 g/mol. The van der Waals surface area contributed by atoms with Crippen molar-refractivity contribution >= 4 is 16.9 Å². The highest BCUT2D eigenvalue weighted by Crippen LogP contribution is 2.31. The van der Waals surface area contributed by atoms with Crippen molar-refractivity contribution in [2.24, 2.45) is 0 Å². The molecule has 132 valence electrons. The average molecular weight is 337 g/mol. The van der Waals surface area contributed by atoms with E-state index < -0.39 is 0 Å². The summed E-state index contributed by atoms with van der Waals surface area (Å²) in [5.74, 6) is 0.200. The number of benzene rings is 1. The van der Waals surface area contributed by atoms with Gasteiger partial charge in [-0.15, -0.1) is 0 Å². The maximum atomic E-state index is 13.5. The zero-order valence-electron chi connectivity index (χ0n) is 14.9. The van der Waals surface area contributed by atoms with Gasteiger partial charge < -0.3 is 4.90 Å². The lowest BCUT2D eigenvalue weighted by molar-refractivity contribution is 0.0448. The topological polar surface area (TPSA) is 46.1 Å². The summed E-state index contributed by atoms with van der Waals surface area (Å²) in [5, 5.41) is 0. The summed E-state index contributed by atoms with van der Waals surface area (Å²) in [6, 6.07) is 6.61. The van der Waals surface area contributed by atoms with Gasteiger partial charge in [-0.3, -0.25) is 14.8 Å². The van der Waals surface area contributed by atoms with Crippen LogP contribution in [0, 0.1) is 0 Å². The third-order valence-electron chi connectivity index (χ3n) is 5.89. The van der Waals surface area contributed by atoms with Crippen molar-refractivity contribution in [1.29, 1.82) is 0 Å². The Morgan fingerprint density at radius 1 is 0.800 bits per heavy atom. The molecule has 2 aliphatic carbocycles. The van der Waals surface area contributed by atoms with Crippen LogP contribution >= 0.6 is 0 Å². The average Bonchev–Trinajstić information content (AvgIpc) is 2.69. The largest absolute Gasteiger partial charge is 0.333 e. The van der Waals surface area contributed by atoms with E-state index in [1.807, 2.05) is 18.2 Å². The molecule has 4 nitrogen and oxygen atoms in total. The zero-order chi connectivity index (χ0) is 17.1. The Labute approximate surface area is 149 Å². The fourth-order valence-corrected chi connectivity index (χ4v) is 4.59. The normalized spacial score (nSPS) is 19.8. The summed E-state index contributed by atoms with van der Waals surface area (Å²) < 4.78 is 0. The minimum Gasteiger partial charge on any atom is -0.333 e. The molecule has 25 heavy (non-hydrogen) atoms. The second-order valence-electron chi connectivity index (χ2n) is 7.56. The molecule has 0 aliphatic heterocycles. The second-order valence-corrected chi connectivity index (χ2v) is 7.56. The van der Waals surface area contributed by atoms with Crippen molar-refractivity contribution in [3.05, 3.63) is 36.2 Å². The van der Waals surface area contributed by atoms with E-state index in [-0.39, 0.29) is 5.91 Å². The molecule has 2 aliphatic rings. The summed E-state index contributed by atoms with van der Waals surface area (Å²) in [6.45, 7) is 0. The number of fused-ring (bicyclic) bond motifs is 1. The lowest BCUT2D eigenvalue weighted by Gasteiger charge is -2.42. The van der Waals surface area contributed by atoms with Crippen molar-refractivity contribution in [3.63, 3.8) is 0 Å². The van der Waals surface area contributed by atoms with Crippen LogP contribution in [0.1, 0.15) is 74.6 Å². The van der Waals surface area contributed by atoms with Crippen LogP contribution in [0.25, 0.3) is 11.0 Å². The summed E-state index contributed by atoms with van der Waals surface area (Å²) in [7, 11) is 0. The van der Waals surface area contributed by atoms with Crippen LogP contribution in [0.15, 0.2) is 30.6 Å². The minimum atomic E-state index is 0.200. The molecule has 1 aromatic carbocycles. The Bertz CT molecular complexity index is 715.